The van der Waals surface area contributed by atoms with Crippen LogP contribution in [0.4, 0.5) is 13.2 Å². The number of nitrogens with one attached hydrogen (secondary N) is 1. The summed E-state index contributed by atoms with van der Waals surface area (Å²) >= 11 is 0. The quantitative estimate of drug-likeness (QED) is 0.651. The SMILES string of the molecule is FC(F)(F)c1cccc([C@@H](NCCc2nnc3n2CCCCC3)c2ccncc2)c1. The summed E-state index contributed by atoms with van der Waals surface area (Å²) in [5, 5.41) is 12.1. The van der Waals surface area contributed by atoms with Crippen LogP contribution in [0.1, 0.15) is 53.6 Å². The third-order valence-electron chi connectivity index (χ3n) is 5.47. The van der Waals surface area contributed by atoms with E-state index in [2.05, 4.69) is 25.1 Å². The van der Waals surface area contributed by atoms with Crippen LogP contribution in [0.5, 0.6) is 0 Å². The van der Waals surface area contributed by atoms with E-state index in [1.807, 2.05) is 12.1 Å². The van der Waals surface area contributed by atoms with Gasteiger partial charge in [-0.25, -0.2) is 0 Å². The van der Waals surface area contributed by atoms with Crippen molar-refractivity contribution in [3.8, 4) is 0 Å². The molecule has 0 saturated carbocycles. The number of rotatable bonds is 6. The van der Waals surface area contributed by atoms with Crippen LogP contribution in [0, 0.1) is 0 Å². The van der Waals surface area contributed by atoms with E-state index in [1.165, 1.54) is 18.6 Å². The standard InChI is InChI=1S/C22H24F3N5/c23-22(24,25)18-6-4-5-17(15-18)21(16-8-11-26-12-9-16)27-13-10-20-29-28-19-7-2-1-3-14-30(19)20/h4-6,8-9,11-12,15,21,27H,1-3,7,10,13-14H2/t21-/m0/s1. The van der Waals surface area contributed by atoms with Crippen molar-refractivity contribution in [2.24, 2.45) is 0 Å². The minimum atomic E-state index is -4.38. The molecule has 0 radical (unpaired) electrons. The summed E-state index contributed by atoms with van der Waals surface area (Å²) in [5.74, 6) is 1.96. The van der Waals surface area contributed by atoms with Crippen LogP contribution in [0.3, 0.4) is 0 Å². The molecule has 158 valence electrons. The highest BCUT2D eigenvalue weighted by atomic mass is 19.4. The van der Waals surface area contributed by atoms with Crippen molar-refractivity contribution in [1.29, 1.82) is 0 Å². The molecule has 30 heavy (non-hydrogen) atoms. The summed E-state index contributed by atoms with van der Waals surface area (Å²) in [7, 11) is 0. The molecule has 0 aliphatic carbocycles. The Morgan fingerprint density at radius 3 is 2.63 bits per heavy atom. The number of aryl methyl sites for hydroxylation is 1. The van der Waals surface area contributed by atoms with E-state index in [-0.39, 0.29) is 6.04 Å². The number of pyridine rings is 1. The molecule has 0 amide bonds. The maximum atomic E-state index is 13.2. The van der Waals surface area contributed by atoms with E-state index < -0.39 is 11.7 Å². The van der Waals surface area contributed by atoms with Crippen molar-refractivity contribution in [3.05, 3.63) is 77.1 Å². The Morgan fingerprint density at radius 1 is 1.00 bits per heavy atom. The van der Waals surface area contributed by atoms with Crippen LogP contribution < -0.4 is 5.32 Å². The molecule has 0 fully saturated rings. The molecular weight excluding hydrogens is 391 g/mol. The Labute approximate surface area is 173 Å². The van der Waals surface area contributed by atoms with E-state index >= 15 is 0 Å². The highest BCUT2D eigenvalue weighted by molar-refractivity contribution is 5.34. The number of halogens is 3. The number of alkyl halides is 3. The molecule has 1 aliphatic rings. The van der Waals surface area contributed by atoms with E-state index in [0.29, 0.717) is 18.5 Å². The van der Waals surface area contributed by atoms with Crippen LogP contribution in [-0.2, 0) is 25.6 Å². The summed E-state index contributed by atoms with van der Waals surface area (Å²) in [6, 6.07) is 8.74. The Morgan fingerprint density at radius 2 is 1.83 bits per heavy atom. The smallest absolute Gasteiger partial charge is 0.315 e. The van der Waals surface area contributed by atoms with E-state index in [9.17, 15) is 13.2 Å². The average molecular weight is 415 g/mol. The third-order valence-corrected chi connectivity index (χ3v) is 5.47. The zero-order valence-corrected chi connectivity index (χ0v) is 16.6. The second-order valence-electron chi connectivity index (χ2n) is 7.54. The Balaban J connectivity index is 1.53. The van der Waals surface area contributed by atoms with Gasteiger partial charge in [0, 0.05) is 38.3 Å². The third kappa shape index (κ3) is 4.70. The maximum Gasteiger partial charge on any atom is 0.416 e. The summed E-state index contributed by atoms with van der Waals surface area (Å²) in [4.78, 5) is 4.03. The zero-order chi connectivity index (χ0) is 21.0. The molecule has 8 heteroatoms. The number of hydrogen-bond acceptors (Lipinski definition) is 4. The lowest BCUT2D eigenvalue weighted by Gasteiger charge is -2.21. The fourth-order valence-electron chi connectivity index (χ4n) is 3.94. The highest BCUT2D eigenvalue weighted by Gasteiger charge is 2.31. The van der Waals surface area contributed by atoms with Crippen LogP contribution >= 0.6 is 0 Å². The predicted octanol–water partition coefficient (Wildman–Crippen LogP) is 4.34. The molecule has 0 saturated heterocycles. The van der Waals surface area contributed by atoms with Gasteiger partial charge in [-0.2, -0.15) is 13.2 Å². The van der Waals surface area contributed by atoms with Gasteiger partial charge in [-0.3, -0.25) is 4.98 Å². The van der Waals surface area contributed by atoms with Gasteiger partial charge in [0.05, 0.1) is 11.6 Å². The van der Waals surface area contributed by atoms with Crippen molar-refractivity contribution < 1.29 is 13.2 Å². The van der Waals surface area contributed by atoms with Crippen LogP contribution in [0.25, 0.3) is 0 Å². The van der Waals surface area contributed by atoms with Gasteiger partial charge >= 0.3 is 6.18 Å². The first kappa shape index (κ1) is 20.5. The number of fused-ring (bicyclic) bond motifs is 1. The topological polar surface area (TPSA) is 55.6 Å². The van der Waals surface area contributed by atoms with Crippen molar-refractivity contribution in [1.82, 2.24) is 25.1 Å². The van der Waals surface area contributed by atoms with Crippen molar-refractivity contribution in [2.75, 3.05) is 6.54 Å². The van der Waals surface area contributed by atoms with Crippen LogP contribution in [-0.4, -0.2) is 26.3 Å². The molecule has 0 unspecified atom stereocenters. The summed E-state index contributed by atoms with van der Waals surface area (Å²) in [6.07, 6.45) is 3.98. The number of benzene rings is 1. The molecule has 1 N–H and O–H groups in total. The monoisotopic (exact) mass is 415 g/mol. The second-order valence-corrected chi connectivity index (χ2v) is 7.54. The van der Waals surface area contributed by atoms with Gasteiger partial charge in [0.1, 0.15) is 11.6 Å². The van der Waals surface area contributed by atoms with E-state index in [4.69, 9.17) is 0 Å². The van der Waals surface area contributed by atoms with Crippen molar-refractivity contribution in [3.63, 3.8) is 0 Å². The van der Waals surface area contributed by atoms with Crippen LogP contribution in [0.15, 0.2) is 48.8 Å². The van der Waals surface area contributed by atoms with Gasteiger partial charge in [0.2, 0.25) is 0 Å². The van der Waals surface area contributed by atoms with Gasteiger partial charge in [0.25, 0.3) is 0 Å². The Bertz CT molecular complexity index is 968. The first-order valence-corrected chi connectivity index (χ1v) is 10.2. The van der Waals surface area contributed by atoms with E-state index in [1.54, 1.807) is 18.5 Å². The largest absolute Gasteiger partial charge is 0.416 e. The molecule has 4 rings (SSSR count). The van der Waals surface area contributed by atoms with Crippen molar-refractivity contribution >= 4 is 0 Å². The minimum absolute atomic E-state index is 0.373. The molecule has 2 aromatic heterocycles. The fraction of sp³-hybridized carbons (Fsp3) is 0.409. The molecule has 5 nitrogen and oxygen atoms in total. The lowest BCUT2D eigenvalue weighted by atomic mass is 9.97. The molecule has 0 spiro atoms. The van der Waals surface area contributed by atoms with Crippen LogP contribution in [0.2, 0.25) is 0 Å². The first-order valence-electron chi connectivity index (χ1n) is 10.2. The second kappa shape index (κ2) is 8.95. The van der Waals surface area contributed by atoms with E-state index in [0.717, 1.165) is 49.1 Å². The zero-order valence-electron chi connectivity index (χ0n) is 16.6. The molecule has 1 aromatic carbocycles. The minimum Gasteiger partial charge on any atom is -0.315 e. The molecule has 0 bridgehead atoms. The normalized spacial score (nSPS) is 15.4. The molecule has 1 aliphatic heterocycles. The highest BCUT2D eigenvalue weighted by Crippen LogP contribution is 2.32. The lowest BCUT2D eigenvalue weighted by molar-refractivity contribution is -0.137. The van der Waals surface area contributed by atoms with Crippen molar-refractivity contribution in [2.45, 2.75) is 50.9 Å². The lowest BCUT2D eigenvalue weighted by Crippen LogP contribution is -2.26. The van der Waals surface area contributed by atoms with Gasteiger partial charge in [-0.1, -0.05) is 18.6 Å². The summed E-state index contributed by atoms with van der Waals surface area (Å²) in [5.41, 5.74) is 0.782. The van der Waals surface area contributed by atoms with Gasteiger partial charge in [-0.05, 0) is 48.2 Å². The molecule has 3 heterocycles. The summed E-state index contributed by atoms with van der Waals surface area (Å²) < 4.78 is 41.8. The number of aromatic nitrogens is 4. The summed E-state index contributed by atoms with van der Waals surface area (Å²) in [6.45, 7) is 1.50. The Hall–Kier alpha value is -2.74. The van der Waals surface area contributed by atoms with Gasteiger partial charge in [0.15, 0.2) is 0 Å². The maximum absolute atomic E-state index is 13.2. The predicted molar refractivity (Wildman–Crippen MR) is 107 cm³/mol. The fourth-order valence-corrected chi connectivity index (χ4v) is 3.94. The average Bonchev–Trinajstić information content (AvgIpc) is 2.97. The first-order chi connectivity index (χ1) is 14.5. The molecular formula is C22H24F3N5. The number of hydrogen-bond donors (Lipinski definition) is 1. The molecule has 3 aromatic rings. The number of nitrogens with zero attached hydrogens (tertiary/aromatic N) is 4. The van der Waals surface area contributed by atoms with Gasteiger partial charge < -0.3 is 9.88 Å². The molecule has 1 atom stereocenters. The Kier molecular flexibility index (Phi) is 6.13. The van der Waals surface area contributed by atoms with Gasteiger partial charge in [-0.15, -0.1) is 10.2 Å².